The van der Waals surface area contributed by atoms with Crippen molar-refractivity contribution in [3.8, 4) is 11.1 Å². The normalized spacial score (nSPS) is 16.6. The van der Waals surface area contributed by atoms with Gasteiger partial charge in [0.05, 0.1) is 4.90 Å². The standard InChI is InChI=1S/C24H28ClN3O6S/c1-24(2)22(31)28(23(32)27(24)3)15-5-4-6-20(21(29)30)26-35(33,34)19-13-9-17(10-14-19)16-7-11-18(25)12-8-16/h7-14,20,26H,4-6,15H2,1-3H3,(H,29,30). The van der Waals surface area contributed by atoms with Crippen molar-refractivity contribution in [2.24, 2.45) is 0 Å². The Balaban J connectivity index is 1.59. The highest BCUT2D eigenvalue weighted by molar-refractivity contribution is 7.89. The van der Waals surface area contributed by atoms with Gasteiger partial charge in [-0.15, -0.1) is 0 Å². The average molecular weight is 522 g/mol. The molecule has 2 N–H and O–H groups in total. The van der Waals surface area contributed by atoms with Gasteiger partial charge in [-0.2, -0.15) is 4.72 Å². The lowest BCUT2D eigenvalue weighted by atomic mass is 10.0. The van der Waals surface area contributed by atoms with E-state index < -0.39 is 33.6 Å². The predicted molar refractivity (Wildman–Crippen MR) is 131 cm³/mol. The highest BCUT2D eigenvalue weighted by atomic mass is 35.5. The van der Waals surface area contributed by atoms with Crippen molar-refractivity contribution < 1.29 is 27.9 Å². The number of unbranched alkanes of at least 4 members (excludes halogenated alkanes) is 1. The van der Waals surface area contributed by atoms with E-state index in [1.807, 2.05) is 12.1 Å². The molecule has 0 aromatic heterocycles. The first-order valence-electron chi connectivity index (χ1n) is 11.1. The van der Waals surface area contributed by atoms with Crippen molar-refractivity contribution in [2.45, 2.75) is 49.6 Å². The van der Waals surface area contributed by atoms with Gasteiger partial charge >= 0.3 is 12.0 Å². The maximum Gasteiger partial charge on any atom is 0.327 e. The number of nitrogens with one attached hydrogen (secondary N) is 1. The van der Waals surface area contributed by atoms with Crippen LogP contribution in [0.2, 0.25) is 5.02 Å². The van der Waals surface area contributed by atoms with Gasteiger partial charge in [0.1, 0.15) is 11.6 Å². The van der Waals surface area contributed by atoms with Crippen LogP contribution >= 0.6 is 11.6 Å². The molecule has 2 aromatic rings. The second-order valence-corrected chi connectivity index (χ2v) is 11.0. The van der Waals surface area contributed by atoms with E-state index in [1.165, 1.54) is 17.0 Å². The van der Waals surface area contributed by atoms with Gasteiger partial charge in [0.25, 0.3) is 5.91 Å². The zero-order valence-electron chi connectivity index (χ0n) is 19.7. The van der Waals surface area contributed by atoms with Crippen LogP contribution in [0.3, 0.4) is 0 Å². The number of hydrogen-bond acceptors (Lipinski definition) is 5. The number of amides is 3. The number of carboxylic acids is 1. The summed E-state index contributed by atoms with van der Waals surface area (Å²) in [6.07, 6.45) is 0.658. The van der Waals surface area contributed by atoms with Gasteiger partial charge in [-0.25, -0.2) is 13.2 Å². The molecule has 35 heavy (non-hydrogen) atoms. The van der Waals surface area contributed by atoms with Crippen LogP contribution in [0.1, 0.15) is 33.1 Å². The lowest BCUT2D eigenvalue weighted by Crippen LogP contribution is -2.41. The second-order valence-electron chi connectivity index (χ2n) is 8.90. The number of carbonyl (C=O) groups is 3. The Kier molecular flexibility index (Phi) is 7.88. The summed E-state index contributed by atoms with van der Waals surface area (Å²) >= 11 is 5.90. The molecular weight excluding hydrogens is 494 g/mol. The Morgan fingerprint density at radius 1 is 1.03 bits per heavy atom. The number of imide groups is 1. The zero-order valence-corrected chi connectivity index (χ0v) is 21.3. The minimum atomic E-state index is -4.08. The molecule has 1 saturated heterocycles. The van der Waals surface area contributed by atoms with Gasteiger partial charge in [-0.1, -0.05) is 35.9 Å². The van der Waals surface area contributed by atoms with E-state index in [-0.39, 0.29) is 23.8 Å². The summed E-state index contributed by atoms with van der Waals surface area (Å²) in [5, 5.41) is 10.1. The molecule has 11 heteroatoms. The van der Waals surface area contributed by atoms with E-state index in [0.29, 0.717) is 17.9 Å². The number of urea groups is 1. The molecular formula is C24H28ClN3O6S. The molecule has 1 aliphatic rings. The van der Waals surface area contributed by atoms with E-state index in [0.717, 1.165) is 16.0 Å². The van der Waals surface area contributed by atoms with Crippen LogP contribution in [-0.4, -0.2) is 66.4 Å². The number of likely N-dealkylation sites (N-methyl/N-ethyl adjacent to an activating group) is 1. The molecule has 1 aliphatic heterocycles. The number of aliphatic carboxylic acids is 1. The summed E-state index contributed by atoms with van der Waals surface area (Å²) < 4.78 is 27.8. The van der Waals surface area contributed by atoms with Crippen molar-refractivity contribution in [1.29, 1.82) is 0 Å². The number of nitrogens with zero attached hydrogens (tertiary/aromatic N) is 2. The number of hydrogen-bond donors (Lipinski definition) is 2. The fraction of sp³-hybridized carbons (Fsp3) is 0.375. The summed E-state index contributed by atoms with van der Waals surface area (Å²) in [5.74, 6) is -1.62. The third kappa shape index (κ3) is 5.83. The van der Waals surface area contributed by atoms with Crippen LogP contribution in [0.25, 0.3) is 11.1 Å². The third-order valence-electron chi connectivity index (χ3n) is 6.19. The molecule has 3 amide bonds. The van der Waals surface area contributed by atoms with Crippen LogP contribution in [0.5, 0.6) is 0 Å². The molecule has 1 atom stereocenters. The Morgan fingerprint density at radius 2 is 1.57 bits per heavy atom. The van der Waals surface area contributed by atoms with Gasteiger partial charge in [0.2, 0.25) is 10.0 Å². The molecule has 0 spiro atoms. The molecule has 9 nitrogen and oxygen atoms in total. The van der Waals surface area contributed by atoms with Gasteiger partial charge in [-0.3, -0.25) is 14.5 Å². The quantitative estimate of drug-likeness (QED) is 0.364. The minimum Gasteiger partial charge on any atom is -0.480 e. The molecule has 1 unspecified atom stereocenters. The van der Waals surface area contributed by atoms with Crippen molar-refractivity contribution in [2.75, 3.05) is 13.6 Å². The van der Waals surface area contributed by atoms with Crippen molar-refractivity contribution in [1.82, 2.24) is 14.5 Å². The molecule has 3 rings (SSSR count). The first kappa shape index (κ1) is 26.7. The van der Waals surface area contributed by atoms with Crippen molar-refractivity contribution in [3.05, 3.63) is 53.6 Å². The lowest BCUT2D eigenvalue weighted by Gasteiger charge is -2.22. The number of halogens is 1. The van der Waals surface area contributed by atoms with Crippen molar-refractivity contribution >= 4 is 39.5 Å². The van der Waals surface area contributed by atoms with E-state index in [1.54, 1.807) is 45.2 Å². The van der Waals surface area contributed by atoms with Crippen LogP contribution in [0, 0.1) is 0 Å². The minimum absolute atomic E-state index is 0.00682. The first-order chi connectivity index (χ1) is 16.3. The summed E-state index contributed by atoms with van der Waals surface area (Å²) in [5.41, 5.74) is 0.717. The highest BCUT2D eigenvalue weighted by Gasteiger charge is 2.48. The number of rotatable bonds is 10. The molecule has 0 saturated carbocycles. The number of carboxylic acid groups (broad SMARTS) is 1. The Labute approximate surface area is 209 Å². The van der Waals surface area contributed by atoms with Crippen LogP contribution < -0.4 is 4.72 Å². The molecule has 2 aromatic carbocycles. The molecule has 0 radical (unpaired) electrons. The van der Waals surface area contributed by atoms with Crippen molar-refractivity contribution in [3.63, 3.8) is 0 Å². The van der Waals surface area contributed by atoms with Crippen LogP contribution in [-0.2, 0) is 19.6 Å². The number of sulfonamides is 1. The van der Waals surface area contributed by atoms with E-state index in [9.17, 15) is 27.9 Å². The van der Waals surface area contributed by atoms with E-state index >= 15 is 0 Å². The number of benzene rings is 2. The smallest absolute Gasteiger partial charge is 0.327 e. The van der Waals surface area contributed by atoms with E-state index in [2.05, 4.69) is 4.72 Å². The molecule has 1 heterocycles. The van der Waals surface area contributed by atoms with Crippen LogP contribution in [0.15, 0.2) is 53.4 Å². The topological polar surface area (TPSA) is 124 Å². The summed E-state index contributed by atoms with van der Waals surface area (Å²) in [4.78, 5) is 38.9. The molecule has 188 valence electrons. The zero-order chi connectivity index (χ0) is 26.0. The SMILES string of the molecule is CN1C(=O)N(CCCCC(NS(=O)(=O)c2ccc(-c3ccc(Cl)cc3)cc2)C(=O)O)C(=O)C1(C)C. The van der Waals surface area contributed by atoms with Gasteiger partial charge in [0.15, 0.2) is 0 Å². The maximum absolute atomic E-state index is 12.8. The summed E-state index contributed by atoms with van der Waals surface area (Å²) in [6.45, 7) is 3.45. The largest absolute Gasteiger partial charge is 0.480 e. The van der Waals surface area contributed by atoms with E-state index in [4.69, 9.17) is 11.6 Å². The summed E-state index contributed by atoms with van der Waals surface area (Å²) in [7, 11) is -2.53. The van der Waals surface area contributed by atoms with Crippen LogP contribution in [0.4, 0.5) is 4.79 Å². The first-order valence-corrected chi connectivity index (χ1v) is 12.9. The lowest BCUT2D eigenvalue weighted by molar-refractivity contribution is -0.139. The monoisotopic (exact) mass is 521 g/mol. The Hall–Kier alpha value is -2.95. The molecule has 0 bridgehead atoms. The van der Waals surface area contributed by atoms with Gasteiger partial charge < -0.3 is 10.0 Å². The predicted octanol–water partition coefficient (Wildman–Crippen LogP) is 3.58. The Bertz CT molecular complexity index is 1210. The summed E-state index contributed by atoms with van der Waals surface area (Å²) in [6, 6.07) is 11.4. The van der Waals surface area contributed by atoms with Gasteiger partial charge in [0, 0.05) is 18.6 Å². The average Bonchev–Trinajstić information content (AvgIpc) is 2.95. The molecule has 0 aliphatic carbocycles. The van der Waals surface area contributed by atoms with Gasteiger partial charge in [-0.05, 0) is 68.5 Å². The fourth-order valence-corrected chi connectivity index (χ4v) is 5.10. The fourth-order valence-electron chi connectivity index (χ4n) is 3.75. The second kappa shape index (κ2) is 10.3. The Morgan fingerprint density at radius 3 is 2.06 bits per heavy atom. The highest BCUT2D eigenvalue weighted by Crippen LogP contribution is 2.26. The molecule has 1 fully saturated rings. The third-order valence-corrected chi connectivity index (χ3v) is 7.93. The maximum atomic E-state index is 12.8. The number of carbonyl (C=O) groups excluding carboxylic acids is 2.